The fourth-order valence-corrected chi connectivity index (χ4v) is 3.95. The van der Waals surface area contributed by atoms with Gasteiger partial charge in [0.25, 0.3) is 0 Å². The first kappa shape index (κ1) is 14.7. The molecule has 7 heteroatoms. The van der Waals surface area contributed by atoms with Gasteiger partial charge in [0.15, 0.2) is 5.17 Å². The first-order valence-corrected chi connectivity index (χ1v) is 7.73. The van der Waals surface area contributed by atoms with Gasteiger partial charge >= 0.3 is 6.18 Å². The molecular weight excluding hydrogens is 304 g/mol. The van der Waals surface area contributed by atoms with Crippen molar-refractivity contribution in [3.05, 3.63) is 29.6 Å². The predicted molar refractivity (Wildman–Crippen MR) is 76.1 cm³/mol. The molecule has 0 unspecified atom stereocenters. The Balaban J connectivity index is 1.82. The molecule has 2 aliphatic rings. The molecule has 1 aromatic rings. The average Bonchev–Trinajstić information content (AvgIpc) is 3.02. The predicted octanol–water partition coefficient (Wildman–Crippen LogP) is 4.67. The number of alkyl halides is 3. The van der Waals surface area contributed by atoms with Crippen molar-refractivity contribution in [3.63, 3.8) is 0 Å². The number of thioether (sulfide) groups is 1. The number of halogens is 4. The topological polar surface area (TPSA) is 24.4 Å². The van der Waals surface area contributed by atoms with Gasteiger partial charge in [0.05, 0.1) is 16.8 Å². The van der Waals surface area contributed by atoms with Crippen molar-refractivity contribution in [2.24, 2.45) is 4.99 Å². The van der Waals surface area contributed by atoms with Crippen LogP contribution < -0.4 is 5.32 Å². The van der Waals surface area contributed by atoms with Gasteiger partial charge in [0.2, 0.25) is 0 Å². The maximum absolute atomic E-state index is 13.7. The number of amidine groups is 1. The second kappa shape index (κ2) is 5.19. The zero-order valence-corrected chi connectivity index (χ0v) is 12.0. The van der Waals surface area contributed by atoms with Crippen molar-refractivity contribution in [3.8, 4) is 0 Å². The summed E-state index contributed by atoms with van der Waals surface area (Å²) in [6, 6.07) is 2.36. The molecule has 2 nitrogen and oxygen atoms in total. The second-order valence-corrected chi connectivity index (χ2v) is 6.42. The van der Waals surface area contributed by atoms with Crippen LogP contribution in [0.4, 0.5) is 23.2 Å². The van der Waals surface area contributed by atoms with Crippen LogP contribution >= 0.6 is 11.8 Å². The third-order valence-corrected chi connectivity index (χ3v) is 5.03. The summed E-state index contributed by atoms with van der Waals surface area (Å²) in [4.78, 5) is 4.57. The molecule has 1 spiro atoms. The van der Waals surface area contributed by atoms with Gasteiger partial charge in [-0.1, -0.05) is 24.6 Å². The normalized spacial score (nSPS) is 20.9. The zero-order valence-electron chi connectivity index (χ0n) is 11.1. The van der Waals surface area contributed by atoms with Gasteiger partial charge in [0, 0.05) is 5.75 Å². The highest BCUT2D eigenvalue weighted by Crippen LogP contribution is 2.41. The van der Waals surface area contributed by atoms with Gasteiger partial charge in [0.1, 0.15) is 5.82 Å². The van der Waals surface area contributed by atoms with E-state index in [0.29, 0.717) is 5.17 Å². The van der Waals surface area contributed by atoms with E-state index in [1.807, 2.05) is 0 Å². The van der Waals surface area contributed by atoms with Crippen LogP contribution in [0.5, 0.6) is 0 Å². The minimum Gasteiger partial charge on any atom is -0.333 e. The second-order valence-electron chi connectivity index (χ2n) is 5.45. The lowest BCUT2D eigenvalue weighted by atomic mass is 10.0. The van der Waals surface area contributed by atoms with Crippen LogP contribution in [0, 0.1) is 5.82 Å². The van der Waals surface area contributed by atoms with Gasteiger partial charge in [-0.2, -0.15) is 13.2 Å². The molecule has 1 aliphatic carbocycles. The minimum atomic E-state index is -4.48. The van der Waals surface area contributed by atoms with Gasteiger partial charge in [-0.05, 0) is 31.0 Å². The monoisotopic (exact) mass is 318 g/mol. The number of nitrogens with zero attached hydrogens (tertiary/aromatic N) is 1. The number of anilines is 1. The lowest BCUT2D eigenvalue weighted by Crippen LogP contribution is -2.21. The summed E-state index contributed by atoms with van der Waals surface area (Å²) < 4.78 is 51.7. The quantitative estimate of drug-likeness (QED) is 0.761. The highest BCUT2D eigenvalue weighted by Gasteiger charge is 2.38. The maximum Gasteiger partial charge on any atom is 0.416 e. The van der Waals surface area contributed by atoms with Gasteiger partial charge in [-0.25, -0.2) is 4.39 Å². The smallest absolute Gasteiger partial charge is 0.333 e. The van der Waals surface area contributed by atoms with Gasteiger partial charge < -0.3 is 5.32 Å². The summed E-state index contributed by atoms with van der Waals surface area (Å²) in [5.41, 5.74) is -1.14. The van der Waals surface area contributed by atoms with E-state index in [1.165, 1.54) is 11.8 Å². The van der Waals surface area contributed by atoms with Crippen LogP contribution in [-0.2, 0) is 6.18 Å². The fourth-order valence-electron chi connectivity index (χ4n) is 2.75. The van der Waals surface area contributed by atoms with Crippen molar-refractivity contribution < 1.29 is 17.6 Å². The zero-order chi connectivity index (χ0) is 15.1. The van der Waals surface area contributed by atoms with E-state index in [9.17, 15) is 17.6 Å². The number of hydrogen-bond acceptors (Lipinski definition) is 3. The molecule has 1 saturated carbocycles. The number of rotatable bonds is 1. The summed E-state index contributed by atoms with van der Waals surface area (Å²) in [7, 11) is 0. The van der Waals surface area contributed by atoms with Crippen molar-refractivity contribution in [1.29, 1.82) is 0 Å². The maximum atomic E-state index is 13.7. The largest absolute Gasteiger partial charge is 0.416 e. The highest BCUT2D eigenvalue weighted by molar-refractivity contribution is 8.14. The van der Waals surface area contributed by atoms with E-state index in [0.717, 1.165) is 49.6 Å². The van der Waals surface area contributed by atoms with Crippen molar-refractivity contribution >= 4 is 22.6 Å². The Bertz CT molecular complexity index is 577. The average molecular weight is 318 g/mol. The Morgan fingerprint density at radius 3 is 2.57 bits per heavy atom. The molecule has 1 aliphatic heterocycles. The molecule has 114 valence electrons. The van der Waals surface area contributed by atoms with E-state index in [-0.39, 0.29) is 11.2 Å². The Hall–Kier alpha value is -1.24. The molecule has 0 bridgehead atoms. The first-order chi connectivity index (χ1) is 9.88. The molecule has 3 rings (SSSR count). The van der Waals surface area contributed by atoms with Crippen molar-refractivity contribution in [1.82, 2.24) is 0 Å². The number of hydrogen-bond donors (Lipinski definition) is 1. The summed E-state index contributed by atoms with van der Waals surface area (Å²) in [5, 5.41) is 3.22. The molecule has 0 amide bonds. The van der Waals surface area contributed by atoms with Crippen LogP contribution in [0.3, 0.4) is 0 Å². The number of benzene rings is 1. The SMILES string of the molecule is Fc1ccc(C(F)(F)F)cc1NC1=NC2(CCCC2)CS1. The molecular formula is C14H14F4N2S. The molecule has 1 fully saturated rings. The summed E-state index contributed by atoms with van der Waals surface area (Å²) in [6.45, 7) is 0. The van der Waals surface area contributed by atoms with Crippen LogP contribution in [-0.4, -0.2) is 16.5 Å². The Morgan fingerprint density at radius 1 is 1.19 bits per heavy atom. The van der Waals surface area contributed by atoms with E-state index >= 15 is 0 Å². The van der Waals surface area contributed by atoms with Crippen molar-refractivity contribution in [2.45, 2.75) is 37.4 Å². The summed E-state index contributed by atoms with van der Waals surface area (Å²) >= 11 is 1.45. The lowest BCUT2D eigenvalue weighted by molar-refractivity contribution is -0.137. The minimum absolute atomic E-state index is 0.0921. The molecule has 1 heterocycles. The number of aliphatic imine (C=N–C) groups is 1. The number of nitrogens with one attached hydrogen (secondary N) is 1. The van der Waals surface area contributed by atoms with Crippen LogP contribution in [0.15, 0.2) is 23.2 Å². The standard InChI is InChI=1S/C14H14F4N2S/c15-10-4-3-9(14(16,17)18)7-11(10)19-12-20-13(8-21-12)5-1-2-6-13/h3-4,7H,1-2,5-6,8H2,(H,19,20). The van der Waals surface area contributed by atoms with Crippen molar-refractivity contribution in [2.75, 3.05) is 11.1 Å². The summed E-state index contributed by atoms with van der Waals surface area (Å²) in [6.07, 6.45) is -0.252. The van der Waals surface area contributed by atoms with Crippen LogP contribution in [0.1, 0.15) is 31.2 Å². The summed E-state index contributed by atoms with van der Waals surface area (Å²) in [5.74, 6) is 0.106. The molecule has 1 aromatic carbocycles. The van der Waals surface area contributed by atoms with Gasteiger partial charge in [-0.3, -0.25) is 4.99 Å². The van der Waals surface area contributed by atoms with E-state index in [1.54, 1.807) is 0 Å². The molecule has 0 atom stereocenters. The van der Waals surface area contributed by atoms with Crippen LogP contribution in [0.25, 0.3) is 0 Å². The third kappa shape index (κ3) is 3.02. The molecule has 0 radical (unpaired) electrons. The Labute approximate surface area is 124 Å². The van der Waals surface area contributed by atoms with Gasteiger partial charge in [-0.15, -0.1) is 0 Å². The Morgan fingerprint density at radius 2 is 1.90 bits per heavy atom. The highest BCUT2D eigenvalue weighted by atomic mass is 32.2. The fraction of sp³-hybridized carbons (Fsp3) is 0.500. The van der Waals surface area contributed by atoms with Crippen LogP contribution in [0.2, 0.25) is 0 Å². The van der Waals surface area contributed by atoms with E-state index in [2.05, 4.69) is 10.3 Å². The third-order valence-electron chi connectivity index (χ3n) is 3.89. The first-order valence-electron chi connectivity index (χ1n) is 6.74. The molecule has 0 aromatic heterocycles. The molecule has 1 N–H and O–H groups in total. The van der Waals surface area contributed by atoms with E-state index < -0.39 is 17.6 Å². The van der Waals surface area contributed by atoms with E-state index in [4.69, 9.17) is 0 Å². The molecule has 0 saturated heterocycles. The molecule has 21 heavy (non-hydrogen) atoms. The Kier molecular flexibility index (Phi) is 3.63. The lowest BCUT2D eigenvalue weighted by Gasteiger charge is -2.16.